The van der Waals surface area contributed by atoms with Gasteiger partial charge in [0, 0.05) is 30.6 Å². The molecule has 0 atom stereocenters. The summed E-state index contributed by atoms with van der Waals surface area (Å²) in [4.78, 5) is 3.43. The number of hydrogen-bond donors (Lipinski definition) is 1. The van der Waals surface area contributed by atoms with E-state index in [0.717, 1.165) is 27.8 Å². The van der Waals surface area contributed by atoms with Crippen molar-refractivity contribution in [2.75, 3.05) is 14.1 Å². The molecule has 4 nitrogen and oxygen atoms in total. The Hall–Kier alpha value is -2.62. The van der Waals surface area contributed by atoms with Gasteiger partial charge in [-0.3, -0.25) is 5.01 Å². The van der Waals surface area contributed by atoms with Gasteiger partial charge in [-0.25, -0.2) is 0 Å². The second-order valence-corrected chi connectivity index (χ2v) is 4.80. The Labute approximate surface area is 117 Å². The van der Waals surface area contributed by atoms with Gasteiger partial charge >= 0.3 is 0 Å². The summed E-state index contributed by atoms with van der Waals surface area (Å²) in [5.74, 6) is 0. The summed E-state index contributed by atoms with van der Waals surface area (Å²) >= 11 is 0. The molecule has 0 aliphatic rings. The second kappa shape index (κ2) is 5.17. The van der Waals surface area contributed by atoms with Gasteiger partial charge in [-0.2, -0.15) is 0 Å². The molecule has 0 radical (unpaired) electrons. The third-order valence-corrected chi connectivity index (χ3v) is 3.06. The highest BCUT2D eigenvalue weighted by atomic mass is 15.5. The van der Waals surface area contributed by atoms with E-state index in [1.807, 2.05) is 44.4 Å². The monoisotopic (exact) mass is 264 g/mol. The van der Waals surface area contributed by atoms with Crippen LogP contribution in [0.5, 0.6) is 0 Å². The van der Waals surface area contributed by atoms with Crippen molar-refractivity contribution in [3.05, 3.63) is 54.6 Å². The molecular formula is C16H16N4. The zero-order valence-corrected chi connectivity index (χ0v) is 11.5. The average molecular weight is 264 g/mol. The highest BCUT2D eigenvalue weighted by Gasteiger charge is 2.12. The van der Waals surface area contributed by atoms with Crippen LogP contribution in [0, 0.1) is 0 Å². The highest BCUT2D eigenvalue weighted by molar-refractivity contribution is 5.99. The molecule has 0 amide bonds. The van der Waals surface area contributed by atoms with Gasteiger partial charge in [0.15, 0.2) is 0 Å². The van der Waals surface area contributed by atoms with E-state index < -0.39 is 0 Å². The van der Waals surface area contributed by atoms with Crippen molar-refractivity contribution >= 4 is 16.6 Å². The Balaban J connectivity index is 2.23. The van der Waals surface area contributed by atoms with Gasteiger partial charge < -0.3 is 4.98 Å². The molecule has 0 saturated heterocycles. The van der Waals surface area contributed by atoms with Crippen molar-refractivity contribution in [1.29, 1.82) is 0 Å². The first-order valence-corrected chi connectivity index (χ1v) is 6.51. The van der Waals surface area contributed by atoms with Gasteiger partial charge in [0.2, 0.25) is 0 Å². The quantitative estimate of drug-likeness (QED) is 0.553. The zero-order chi connectivity index (χ0) is 13.9. The summed E-state index contributed by atoms with van der Waals surface area (Å²) in [6.45, 7) is 0. The molecule has 4 heteroatoms. The maximum atomic E-state index is 4.39. The topological polar surface area (TPSA) is 43.8 Å². The van der Waals surface area contributed by atoms with Crippen molar-refractivity contribution in [1.82, 2.24) is 9.99 Å². The van der Waals surface area contributed by atoms with Crippen LogP contribution in [-0.4, -0.2) is 24.1 Å². The van der Waals surface area contributed by atoms with Crippen molar-refractivity contribution in [2.45, 2.75) is 0 Å². The molecule has 100 valence electrons. The largest absolute Gasteiger partial charge is 0.353 e. The molecule has 2 aromatic carbocycles. The Morgan fingerprint density at radius 3 is 2.35 bits per heavy atom. The third kappa shape index (κ3) is 2.28. The van der Waals surface area contributed by atoms with Crippen LogP contribution < -0.4 is 0 Å². The van der Waals surface area contributed by atoms with Crippen molar-refractivity contribution in [3.8, 4) is 11.3 Å². The van der Waals surface area contributed by atoms with Crippen LogP contribution in [0.2, 0.25) is 0 Å². The minimum absolute atomic E-state index is 0.875. The third-order valence-electron chi connectivity index (χ3n) is 3.06. The maximum absolute atomic E-state index is 4.39. The lowest BCUT2D eigenvalue weighted by Gasteiger charge is -2.02. The van der Waals surface area contributed by atoms with Gasteiger partial charge in [0.1, 0.15) is 5.69 Å². The van der Waals surface area contributed by atoms with Crippen molar-refractivity contribution in [2.24, 2.45) is 10.3 Å². The van der Waals surface area contributed by atoms with E-state index in [1.165, 1.54) is 0 Å². The molecule has 1 aromatic heterocycles. The fraction of sp³-hybridized carbons (Fsp3) is 0.125. The van der Waals surface area contributed by atoms with Gasteiger partial charge in [0.25, 0.3) is 0 Å². The molecule has 3 aromatic rings. The molecule has 0 aliphatic heterocycles. The highest BCUT2D eigenvalue weighted by Crippen LogP contribution is 2.37. The molecule has 0 unspecified atom stereocenters. The lowest BCUT2D eigenvalue weighted by atomic mass is 10.1. The van der Waals surface area contributed by atoms with Crippen LogP contribution in [0.25, 0.3) is 22.2 Å². The van der Waals surface area contributed by atoms with E-state index in [0.29, 0.717) is 0 Å². The lowest BCUT2D eigenvalue weighted by Crippen LogP contribution is -1.98. The van der Waals surface area contributed by atoms with Crippen molar-refractivity contribution in [3.63, 3.8) is 0 Å². The van der Waals surface area contributed by atoms with E-state index in [2.05, 4.69) is 39.6 Å². The van der Waals surface area contributed by atoms with Crippen LogP contribution in [0.1, 0.15) is 0 Å². The molecule has 0 fully saturated rings. The number of hydrogen-bond acceptors (Lipinski definition) is 2. The van der Waals surface area contributed by atoms with Crippen LogP contribution >= 0.6 is 0 Å². The second-order valence-electron chi connectivity index (χ2n) is 4.80. The summed E-state index contributed by atoms with van der Waals surface area (Å²) in [7, 11) is 3.72. The number of H-pyrrole nitrogens is 1. The van der Waals surface area contributed by atoms with Gasteiger partial charge in [-0.05, 0) is 6.07 Å². The maximum Gasteiger partial charge on any atom is 0.121 e. The van der Waals surface area contributed by atoms with E-state index in [9.17, 15) is 0 Å². The fourth-order valence-corrected chi connectivity index (χ4v) is 2.18. The van der Waals surface area contributed by atoms with Crippen LogP contribution in [-0.2, 0) is 0 Å². The molecule has 0 bridgehead atoms. The number of para-hydroxylation sites is 1. The van der Waals surface area contributed by atoms with Crippen LogP contribution in [0.3, 0.4) is 0 Å². The molecule has 0 aliphatic carbocycles. The number of rotatable bonds is 3. The first kappa shape index (κ1) is 12.4. The molecular weight excluding hydrogens is 248 g/mol. The molecule has 1 N–H and O–H groups in total. The summed E-state index contributed by atoms with van der Waals surface area (Å²) in [5.41, 5.74) is 4.05. The standard InChI is InChI=1S/C16H16N4/c1-20(2)19-18-16-13-10-6-7-11-14(13)17-15(16)12-8-4-3-5-9-12/h3-11,17H,1-2H3. The Morgan fingerprint density at radius 1 is 0.900 bits per heavy atom. The summed E-state index contributed by atoms with van der Waals surface area (Å²) in [6, 6.07) is 18.3. The number of nitrogens with zero attached hydrogens (tertiary/aromatic N) is 3. The Bertz CT molecular complexity index is 742. The van der Waals surface area contributed by atoms with E-state index in [-0.39, 0.29) is 0 Å². The first-order chi connectivity index (χ1) is 9.75. The molecule has 3 rings (SSSR count). The molecule has 20 heavy (non-hydrogen) atoms. The predicted octanol–water partition coefficient (Wildman–Crippen LogP) is 4.40. The minimum atomic E-state index is 0.875. The number of aromatic amines is 1. The van der Waals surface area contributed by atoms with E-state index in [1.54, 1.807) is 5.01 Å². The summed E-state index contributed by atoms with van der Waals surface area (Å²) in [6.07, 6.45) is 0. The van der Waals surface area contributed by atoms with Gasteiger partial charge in [0.05, 0.1) is 5.69 Å². The van der Waals surface area contributed by atoms with E-state index in [4.69, 9.17) is 0 Å². The number of aromatic nitrogens is 1. The number of nitrogens with one attached hydrogen (secondary N) is 1. The number of fused-ring (bicyclic) bond motifs is 1. The minimum Gasteiger partial charge on any atom is -0.353 e. The normalized spacial score (nSPS) is 11.3. The zero-order valence-electron chi connectivity index (χ0n) is 11.5. The lowest BCUT2D eigenvalue weighted by molar-refractivity contribution is 0.408. The summed E-state index contributed by atoms with van der Waals surface area (Å²) in [5, 5.41) is 11.3. The summed E-state index contributed by atoms with van der Waals surface area (Å²) < 4.78 is 0. The van der Waals surface area contributed by atoms with Gasteiger partial charge in [-0.15, -0.1) is 5.11 Å². The molecule has 0 spiro atoms. The molecule has 0 saturated carbocycles. The average Bonchev–Trinajstić information content (AvgIpc) is 2.84. The Morgan fingerprint density at radius 2 is 1.60 bits per heavy atom. The van der Waals surface area contributed by atoms with Gasteiger partial charge in [-0.1, -0.05) is 53.8 Å². The van der Waals surface area contributed by atoms with Crippen LogP contribution in [0.4, 0.5) is 5.69 Å². The van der Waals surface area contributed by atoms with Crippen LogP contribution in [0.15, 0.2) is 64.9 Å². The van der Waals surface area contributed by atoms with E-state index >= 15 is 0 Å². The number of benzene rings is 2. The Kier molecular flexibility index (Phi) is 3.21. The molecule has 1 heterocycles. The van der Waals surface area contributed by atoms with Crippen molar-refractivity contribution < 1.29 is 0 Å². The smallest absolute Gasteiger partial charge is 0.121 e. The SMILES string of the molecule is CN(C)N=Nc1c(-c2ccccc2)[nH]c2ccccc12. The predicted molar refractivity (Wildman–Crippen MR) is 81.9 cm³/mol. The fourth-order valence-electron chi connectivity index (χ4n) is 2.18. The first-order valence-electron chi connectivity index (χ1n) is 6.51.